The molecule has 17 heavy (non-hydrogen) atoms. The van der Waals surface area contributed by atoms with Crippen molar-refractivity contribution in [1.29, 1.82) is 0 Å². The maximum atomic E-state index is 9.44. The summed E-state index contributed by atoms with van der Waals surface area (Å²) in [7, 11) is 0. The molecule has 0 aliphatic heterocycles. The van der Waals surface area contributed by atoms with Crippen LogP contribution >= 0.6 is 0 Å². The predicted molar refractivity (Wildman–Crippen MR) is 63.2 cm³/mol. The molecule has 0 bridgehead atoms. The zero-order chi connectivity index (χ0) is 11.8. The molecule has 3 N–H and O–H groups in total. The number of hydrogen-bond donors (Lipinski definition) is 3. The second-order valence-corrected chi connectivity index (χ2v) is 4.48. The molecule has 0 amide bonds. The molecular weight excluding hydrogens is 216 g/mol. The molecule has 88 valence electrons. The number of aromatic nitrogens is 2. The summed E-state index contributed by atoms with van der Waals surface area (Å²) in [5.41, 5.74) is 4.60. The number of H-pyrrole nitrogens is 1. The lowest BCUT2D eigenvalue weighted by atomic mass is 10.1. The van der Waals surface area contributed by atoms with Crippen LogP contribution in [0.4, 0.5) is 0 Å². The lowest BCUT2D eigenvalue weighted by Gasteiger charge is -2.03. The Hall–Kier alpha value is -1.97. The fourth-order valence-electron chi connectivity index (χ4n) is 2.41. The minimum Gasteiger partial charge on any atom is -0.504 e. The number of phenols is 2. The Bertz CT molecular complexity index is 561. The van der Waals surface area contributed by atoms with Gasteiger partial charge in [0.1, 0.15) is 0 Å². The maximum Gasteiger partial charge on any atom is 0.157 e. The molecule has 0 saturated heterocycles. The van der Waals surface area contributed by atoms with E-state index in [4.69, 9.17) is 0 Å². The molecule has 0 radical (unpaired) electrons. The Balaban J connectivity index is 1.89. The van der Waals surface area contributed by atoms with Crippen molar-refractivity contribution < 1.29 is 10.2 Å². The molecule has 1 aromatic carbocycles. The SMILES string of the molecule is Oc1ccc(Cc2n[nH]c3c2CCC3)cc1O. The number of hydrogen-bond acceptors (Lipinski definition) is 3. The second-order valence-electron chi connectivity index (χ2n) is 4.48. The van der Waals surface area contributed by atoms with Crippen molar-refractivity contribution in [2.45, 2.75) is 25.7 Å². The molecule has 0 fully saturated rings. The molecule has 0 saturated carbocycles. The fourth-order valence-corrected chi connectivity index (χ4v) is 2.41. The number of aromatic amines is 1. The molecule has 2 aromatic rings. The minimum absolute atomic E-state index is 0.0744. The van der Waals surface area contributed by atoms with E-state index in [2.05, 4.69) is 10.2 Å². The first-order valence-corrected chi connectivity index (χ1v) is 5.80. The molecule has 0 unspecified atom stereocenters. The summed E-state index contributed by atoms with van der Waals surface area (Å²) in [5, 5.41) is 26.1. The fraction of sp³-hybridized carbons (Fsp3) is 0.308. The van der Waals surface area contributed by atoms with Crippen LogP contribution in [0.25, 0.3) is 0 Å². The van der Waals surface area contributed by atoms with Crippen LogP contribution in [0.15, 0.2) is 18.2 Å². The zero-order valence-electron chi connectivity index (χ0n) is 9.40. The third-order valence-corrected chi connectivity index (χ3v) is 3.30. The lowest BCUT2D eigenvalue weighted by molar-refractivity contribution is 0.403. The first-order chi connectivity index (χ1) is 8.24. The van der Waals surface area contributed by atoms with Gasteiger partial charge >= 0.3 is 0 Å². The van der Waals surface area contributed by atoms with Gasteiger partial charge in [-0.25, -0.2) is 0 Å². The van der Waals surface area contributed by atoms with Crippen molar-refractivity contribution in [2.24, 2.45) is 0 Å². The Morgan fingerprint density at radius 2 is 2.06 bits per heavy atom. The van der Waals surface area contributed by atoms with E-state index in [0.717, 1.165) is 24.1 Å². The summed E-state index contributed by atoms with van der Waals surface area (Å²) in [6, 6.07) is 4.91. The highest BCUT2D eigenvalue weighted by molar-refractivity contribution is 5.42. The largest absolute Gasteiger partial charge is 0.504 e. The molecule has 1 heterocycles. The third-order valence-electron chi connectivity index (χ3n) is 3.30. The average molecular weight is 230 g/mol. The molecule has 4 nitrogen and oxygen atoms in total. The van der Waals surface area contributed by atoms with Gasteiger partial charge in [0.25, 0.3) is 0 Å². The van der Waals surface area contributed by atoms with Gasteiger partial charge in [-0.15, -0.1) is 0 Å². The highest BCUT2D eigenvalue weighted by Gasteiger charge is 2.18. The van der Waals surface area contributed by atoms with Gasteiger partial charge in [-0.2, -0.15) is 5.10 Å². The Labute approximate surface area is 98.9 Å². The maximum absolute atomic E-state index is 9.44. The van der Waals surface area contributed by atoms with Crippen molar-refractivity contribution in [2.75, 3.05) is 0 Å². The van der Waals surface area contributed by atoms with Crippen molar-refractivity contribution in [3.8, 4) is 11.5 Å². The molecule has 0 spiro atoms. The second kappa shape index (κ2) is 3.80. The summed E-state index contributed by atoms with van der Waals surface area (Å²) in [6.07, 6.45) is 4.06. The van der Waals surface area contributed by atoms with Crippen molar-refractivity contribution in [3.63, 3.8) is 0 Å². The zero-order valence-corrected chi connectivity index (χ0v) is 9.40. The van der Waals surface area contributed by atoms with Crippen LogP contribution in [0.3, 0.4) is 0 Å². The lowest BCUT2D eigenvalue weighted by Crippen LogP contribution is -1.93. The monoisotopic (exact) mass is 230 g/mol. The number of aromatic hydroxyl groups is 2. The third kappa shape index (κ3) is 1.75. The summed E-state index contributed by atoms with van der Waals surface area (Å²) in [6.45, 7) is 0. The van der Waals surface area contributed by atoms with Gasteiger partial charge in [0, 0.05) is 12.1 Å². The topological polar surface area (TPSA) is 69.1 Å². The smallest absolute Gasteiger partial charge is 0.157 e. The van der Waals surface area contributed by atoms with Gasteiger partial charge in [-0.05, 0) is 42.5 Å². The number of phenolic OH excluding ortho intramolecular Hbond substituents is 2. The number of nitrogens with zero attached hydrogens (tertiary/aromatic N) is 1. The summed E-state index contributed by atoms with van der Waals surface area (Å²) >= 11 is 0. The molecule has 4 heteroatoms. The number of aryl methyl sites for hydroxylation is 1. The van der Waals surface area contributed by atoms with E-state index < -0.39 is 0 Å². The van der Waals surface area contributed by atoms with Crippen molar-refractivity contribution >= 4 is 0 Å². The quantitative estimate of drug-likeness (QED) is 0.690. The minimum atomic E-state index is -0.0824. The molecule has 0 atom stereocenters. The van der Waals surface area contributed by atoms with Gasteiger partial charge in [0.15, 0.2) is 11.5 Å². The van der Waals surface area contributed by atoms with E-state index in [-0.39, 0.29) is 11.5 Å². The van der Waals surface area contributed by atoms with Crippen LogP contribution in [0.2, 0.25) is 0 Å². The summed E-state index contributed by atoms with van der Waals surface area (Å²) < 4.78 is 0. The number of rotatable bonds is 2. The standard InChI is InChI=1S/C13H14N2O2/c16-12-5-4-8(7-13(12)17)6-11-9-2-1-3-10(9)14-15-11/h4-5,7,16-17H,1-3,6H2,(H,14,15). The van der Waals surface area contributed by atoms with Gasteiger partial charge in [0.05, 0.1) is 5.69 Å². The Morgan fingerprint density at radius 3 is 2.88 bits per heavy atom. The number of fused-ring (bicyclic) bond motifs is 1. The molecule has 1 aliphatic carbocycles. The van der Waals surface area contributed by atoms with Crippen LogP contribution in [0.1, 0.15) is 28.9 Å². The van der Waals surface area contributed by atoms with Crippen LogP contribution in [0, 0.1) is 0 Å². The van der Waals surface area contributed by atoms with Gasteiger partial charge in [0.2, 0.25) is 0 Å². The van der Waals surface area contributed by atoms with Crippen LogP contribution < -0.4 is 0 Å². The Morgan fingerprint density at radius 1 is 1.18 bits per heavy atom. The number of nitrogens with one attached hydrogen (secondary N) is 1. The molecule has 1 aliphatic rings. The predicted octanol–water partition coefficient (Wildman–Crippen LogP) is 1.90. The highest BCUT2D eigenvalue weighted by Crippen LogP contribution is 2.28. The average Bonchev–Trinajstić information content (AvgIpc) is 2.88. The van der Waals surface area contributed by atoms with Crippen LogP contribution in [-0.4, -0.2) is 20.4 Å². The van der Waals surface area contributed by atoms with Gasteiger partial charge in [-0.1, -0.05) is 6.07 Å². The normalized spacial score (nSPS) is 13.9. The van der Waals surface area contributed by atoms with Crippen molar-refractivity contribution in [1.82, 2.24) is 10.2 Å². The molecular formula is C13H14N2O2. The molecule has 1 aromatic heterocycles. The first-order valence-electron chi connectivity index (χ1n) is 5.80. The van der Waals surface area contributed by atoms with Crippen molar-refractivity contribution in [3.05, 3.63) is 40.7 Å². The van der Waals surface area contributed by atoms with E-state index in [9.17, 15) is 10.2 Å². The van der Waals surface area contributed by atoms with E-state index in [0.29, 0.717) is 6.42 Å². The van der Waals surface area contributed by atoms with Gasteiger partial charge in [-0.3, -0.25) is 5.10 Å². The number of benzene rings is 1. The van der Waals surface area contributed by atoms with E-state index in [1.165, 1.54) is 23.7 Å². The summed E-state index contributed by atoms with van der Waals surface area (Å²) in [5.74, 6) is -0.157. The Kier molecular flexibility index (Phi) is 2.28. The van der Waals surface area contributed by atoms with Crippen LogP contribution in [0.5, 0.6) is 11.5 Å². The van der Waals surface area contributed by atoms with Crippen LogP contribution in [-0.2, 0) is 19.3 Å². The highest BCUT2D eigenvalue weighted by atomic mass is 16.3. The van der Waals surface area contributed by atoms with Gasteiger partial charge < -0.3 is 10.2 Å². The molecule has 3 rings (SSSR count). The van der Waals surface area contributed by atoms with E-state index in [1.54, 1.807) is 6.07 Å². The first kappa shape index (κ1) is 10.2. The van der Waals surface area contributed by atoms with E-state index in [1.807, 2.05) is 6.07 Å². The van der Waals surface area contributed by atoms with E-state index >= 15 is 0 Å². The summed E-state index contributed by atoms with van der Waals surface area (Å²) in [4.78, 5) is 0.